The standard InChI is InChI=1S/C24H23N3O3/c28-22(25-17-18-7-3-1-4-8-18)15-16-23(29)26-27-24(30)21-13-11-20(12-14-21)19-9-5-2-6-10-19/h1-14H,15-17H2,(H,25,28)(H,26,29)(H,27,30). The number of carbonyl (C=O) groups is 3. The molecule has 3 N–H and O–H groups in total. The SMILES string of the molecule is O=C(CCC(=O)NNC(=O)c1ccc(-c2ccccc2)cc1)NCc1ccccc1. The van der Waals surface area contributed by atoms with Gasteiger partial charge in [0.1, 0.15) is 0 Å². The van der Waals surface area contributed by atoms with Crippen molar-refractivity contribution in [2.45, 2.75) is 19.4 Å². The molecule has 0 saturated heterocycles. The molecule has 0 unspecified atom stereocenters. The number of rotatable bonds is 7. The molecule has 0 bridgehead atoms. The second kappa shape index (κ2) is 10.6. The summed E-state index contributed by atoms with van der Waals surface area (Å²) < 4.78 is 0. The first-order valence-corrected chi connectivity index (χ1v) is 9.67. The molecule has 0 aliphatic heterocycles. The van der Waals surface area contributed by atoms with Gasteiger partial charge in [-0.15, -0.1) is 0 Å². The van der Waals surface area contributed by atoms with Gasteiger partial charge in [-0.2, -0.15) is 0 Å². The van der Waals surface area contributed by atoms with E-state index in [0.29, 0.717) is 12.1 Å². The lowest BCUT2D eigenvalue weighted by Gasteiger charge is -2.09. The Hall–Kier alpha value is -3.93. The highest BCUT2D eigenvalue weighted by atomic mass is 16.2. The zero-order chi connectivity index (χ0) is 21.2. The van der Waals surface area contributed by atoms with Gasteiger partial charge in [0.25, 0.3) is 5.91 Å². The number of hydrazine groups is 1. The van der Waals surface area contributed by atoms with E-state index < -0.39 is 11.8 Å². The summed E-state index contributed by atoms with van der Waals surface area (Å²) in [6, 6.07) is 26.4. The fourth-order valence-corrected chi connectivity index (χ4v) is 2.82. The number of benzene rings is 3. The van der Waals surface area contributed by atoms with Gasteiger partial charge in [-0.3, -0.25) is 25.2 Å². The summed E-state index contributed by atoms with van der Waals surface area (Å²) in [5.74, 6) is -1.08. The van der Waals surface area contributed by atoms with Crippen molar-refractivity contribution in [1.82, 2.24) is 16.2 Å². The van der Waals surface area contributed by atoms with Crippen LogP contribution in [-0.2, 0) is 16.1 Å². The molecule has 6 nitrogen and oxygen atoms in total. The first-order chi connectivity index (χ1) is 14.6. The van der Waals surface area contributed by atoms with Gasteiger partial charge in [0.15, 0.2) is 0 Å². The molecule has 0 aromatic heterocycles. The van der Waals surface area contributed by atoms with Crippen molar-refractivity contribution in [3.8, 4) is 11.1 Å². The number of carbonyl (C=O) groups excluding carboxylic acids is 3. The highest BCUT2D eigenvalue weighted by Gasteiger charge is 2.10. The van der Waals surface area contributed by atoms with Gasteiger partial charge in [0.05, 0.1) is 0 Å². The maximum atomic E-state index is 12.2. The van der Waals surface area contributed by atoms with E-state index >= 15 is 0 Å². The smallest absolute Gasteiger partial charge is 0.269 e. The summed E-state index contributed by atoms with van der Waals surface area (Å²) in [5, 5.41) is 2.76. The molecule has 0 saturated carbocycles. The molecule has 0 heterocycles. The normalized spacial score (nSPS) is 10.1. The van der Waals surface area contributed by atoms with Gasteiger partial charge in [0, 0.05) is 24.9 Å². The van der Waals surface area contributed by atoms with E-state index in [2.05, 4.69) is 16.2 Å². The average molecular weight is 401 g/mol. The highest BCUT2D eigenvalue weighted by molar-refractivity contribution is 5.96. The van der Waals surface area contributed by atoms with Gasteiger partial charge >= 0.3 is 0 Å². The number of hydrogen-bond acceptors (Lipinski definition) is 3. The van der Waals surface area contributed by atoms with Crippen molar-refractivity contribution in [1.29, 1.82) is 0 Å². The van der Waals surface area contributed by atoms with Crippen LogP contribution in [0.4, 0.5) is 0 Å². The molecule has 0 radical (unpaired) electrons. The highest BCUT2D eigenvalue weighted by Crippen LogP contribution is 2.19. The van der Waals surface area contributed by atoms with E-state index in [1.54, 1.807) is 12.1 Å². The Kier molecular flexibility index (Phi) is 7.33. The van der Waals surface area contributed by atoms with Gasteiger partial charge in [-0.1, -0.05) is 72.8 Å². The van der Waals surface area contributed by atoms with Gasteiger partial charge in [-0.05, 0) is 28.8 Å². The Morgan fingerprint density at radius 3 is 1.83 bits per heavy atom. The molecule has 6 heteroatoms. The fourth-order valence-electron chi connectivity index (χ4n) is 2.82. The largest absolute Gasteiger partial charge is 0.352 e. The minimum absolute atomic E-state index is 0.0200. The van der Waals surface area contributed by atoms with E-state index in [1.807, 2.05) is 72.8 Å². The molecule has 0 aliphatic carbocycles. The van der Waals surface area contributed by atoms with Crippen LogP contribution in [0.1, 0.15) is 28.8 Å². The lowest BCUT2D eigenvalue weighted by atomic mass is 10.0. The predicted molar refractivity (Wildman–Crippen MR) is 115 cm³/mol. The van der Waals surface area contributed by atoms with Crippen LogP contribution in [0, 0.1) is 0 Å². The minimum atomic E-state index is -0.431. The summed E-state index contributed by atoms with van der Waals surface area (Å²) in [4.78, 5) is 35.9. The summed E-state index contributed by atoms with van der Waals surface area (Å²) in [7, 11) is 0. The molecule has 30 heavy (non-hydrogen) atoms. The lowest BCUT2D eigenvalue weighted by Crippen LogP contribution is -2.42. The first-order valence-electron chi connectivity index (χ1n) is 9.67. The Morgan fingerprint density at radius 1 is 0.600 bits per heavy atom. The van der Waals surface area contributed by atoms with Crippen LogP contribution < -0.4 is 16.2 Å². The second-order valence-electron chi connectivity index (χ2n) is 6.71. The summed E-state index contributed by atoms with van der Waals surface area (Å²) >= 11 is 0. The average Bonchev–Trinajstić information content (AvgIpc) is 2.81. The Balaban J connectivity index is 1.39. The van der Waals surface area contributed by atoms with Crippen LogP contribution in [0.2, 0.25) is 0 Å². The Labute approximate surface area is 175 Å². The molecule has 0 spiro atoms. The van der Waals surface area contributed by atoms with Crippen LogP contribution in [0.5, 0.6) is 0 Å². The topological polar surface area (TPSA) is 87.3 Å². The first kappa shape index (κ1) is 20.8. The third-order valence-corrected chi connectivity index (χ3v) is 4.48. The fraction of sp³-hybridized carbons (Fsp3) is 0.125. The second-order valence-corrected chi connectivity index (χ2v) is 6.71. The van der Waals surface area contributed by atoms with Crippen molar-refractivity contribution < 1.29 is 14.4 Å². The van der Waals surface area contributed by atoms with Crippen LogP contribution in [0.25, 0.3) is 11.1 Å². The molecule has 3 amide bonds. The quantitative estimate of drug-likeness (QED) is 0.531. The summed E-state index contributed by atoms with van der Waals surface area (Å²) in [5.41, 5.74) is 8.18. The minimum Gasteiger partial charge on any atom is -0.352 e. The van der Waals surface area contributed by atoms with E-state index in [0.717, 1.165) is 16.7 Å². The Morgan fingerprint density at radius 2 is 1.17 bits per heavy atom. The zero-order valence-electron chi connectivity index (χ0n) is 16.4. The van der Waals surface area contributed by atoms with Gasteiger partial charge in [-0.25, -0.2) is 0 Å². The molecular weight excluding hydrogens is 378 g/mol. The van der Waals surface area contributed by atoms with Crippen LogP contribution >= 0.6 is 0 Å². The maximum absolute atomic E-state index is 12.2. The van der Waals surface area contributed by atoms with Crippen molar-refractivity contribution in [2.75, 3.05) is 0 Å². The predicted octanol–water partition coefficient (Wildman–Crippen LogP) is 3.21. The van der Waals surface area contributed by atoms with Crippen molar-refractivity contribution in [3.05, 3.63) is 96.1 Å². The molecule has 0 aliphatic rings. The van der Waals surface area contributed by atoms with E-state index in [9.17, 15) is 14.4 Å². The molecular formula is C24H23N3O3. The Bertz CT molecular complexity index is 987. The van der Waals surface area contributed by atoms with Crippen molar-refractivity contribution in [3.63, 3.8) is 0 Å². The third-order valence-electron chi connectivity index (χ3n) is 4.48. The summed E-state index contributed by atoms with van der Waals surface area (Å²) in [6.45, 7) is 0.414. The van der Waals surface area contributed by atoms with E-state index in [-0.39, 0.29) is 18.7 Å². The number of amides is 3. The number of nitrogens with one attached hydrogen (secondary N) is 3. The van der Waals surface area contributed by atoms with E-state index in [4.69, 9.17) is 0 Å². The molecule has 0 atom stereocenters. The van der Waals surface area contributed by atoms with Crippen LogP contribution in [0.3, 0.4) is 0 Å². The monoisotopic (exact) mass is 401 g/mol. The number of hydrogen-bond donors (Lipinski definition) is 3. The van der Waals surface area contributed by atoms with E-state index in [1.165, 1.54) is 0 Å². The van der Waals surface area contributed by atoms with Crippen molar-refractivity contribution in [2.24, 2.45) is 0 Å². The summed E-state index contributed by atoms with van der Waals surface area (Å²) in [6.07, 6.45) is 0.0220. The van der Waals surface area contributed by atoms with Gasteiger partial charge < -0.3 is 5.32 Å². The van der Waals surface area contributed by atoms with Gasteiger partial charge in [0.2, 0.25) is 11.8 Å². The van der Waals surface area contributed by atoms with Crippen LogP contribution in [-0.4, -0.2) is 17.7 Å². The molecule has 152 valence electrons. The van der Waals surface area contributed by atoms with Crippen molar-refractivity contribution >= 4 is 17.7 Å². The molecule has 3 aromatic carbocycles. The lowest BCUT2D eigenvalue weighted by molar-refractivity contribution is -0.126. The third kappa shape index (κ3) is 6.31. The maximum Gasteiger partial charge on any atom is 0.269 e. The molecule has 0 fully saturated rings. The molecule has 3 rings (SSSR count). The molecule has 3 aromatic rings. The zero-order valence-corrected chi connectivity index (χ0v) is 16.4. The van der Waals surface area contributed by atoms with Crippen LogP contribution in [0.15, 0.2) is 84.9 Å².